The second-order valence-corrected chi connectivity index (χ2v) is 11.3. The lowest BCUT2D eigenvalue weighted by atomic mass is 9.68. The van der Waals surface area contributed by atoms with Gasteiger partial charge >= 0.3 is 6.18 Å². The van der Waals surface area contributed by atoms with Crippen LogP contribution in [0, 0.1) is 6.92 Å². The molecule has 0 saturated heterocycles. The molecule has 14 heteroatoms. The van der Waals surface area contributed by atoms with Crippen molar-refractivity contribution in [2.24, 2.45) is 0 Å². The van der Waals surface area contributed by atoms with E-state index < -0.39 is 46.2 Å². The van der Waals surface area contributed by atoms with Gasteiger partial charge in [0.2, 0.25) is 5.67 Å². The predicted octanol–water partition coefficient (Wildman–Crippen LogP) is 5.90. The minimum Gasteiger partial charge on any atom is -0.495 e. The van der Waals surface area contributed by atoms with Crippen LogP contribution in [-0.2, 0) is 10.0 Å². The van der Waals surface area contributed by atoms with Gasteiger partial charge in [0.05, 0.1) is 23.2 Å². The largest absolute Gasteiger partial charge is 0.495 e. The van der Waals surface area contributed by atoms with Crippen LogP contribution in [-0.4, -0.2) is 37.1 Å². The summed E-state index contributed by atoms with van der Waals surface area (Å²) in [5, 5.41) is 4.01. The van der Waals surface area contributed by atoms with Crippen LogP contribution in [0.1, 0.15) is 29.9 Å². The molecule has 0 atom stereocenters. The first kappa shape index (κ1) is 27.0. The third kappa shape index (κ3) is 4.52. The lowest BCUT2D eigenvalue weighted by molar-refractivity contribution is -0.259. The van der Waals surface area contributed by atoms with Gasteiger partial charge in [-0.1, -0.05) is 16.8 Å². The Bertz CT molecular complexity index is 1750. The normalized spacial score (nSPS) is 19.6. The number of nitrogens with one attached hydrogen (secondary N) is 1. The summed E-state index contributed by atoms with van der Waals surface area (Å²) in [7, 11) is -2.75. The van der Waals surface area contributed by atoms with E-state index in [9.17, 15) is 30.8 Å². The van der Waals surface area contributed by atoms with Gasteiger partial charge in [0.15, 0.2) is 5.82 Å². The maximum atomic E-state index is 14.2. The Morgan fingerprint density at radius 3 is 2.51 bits per heavy atom. The van der Waals surface area contributed by atoms with Crippen LogP contribution in [0.3, 0.4) is 0 Å². The van der Waals surface area contributed by atoms with Gasteiger partial charge in [-0.05, 0) is 67.1 Å². The molecule has 0 aliphatic heterocycles. The summed E-state index contributed by atoms with van der Waals surface area (Å²) < 4.78 is 92.8. The van der Waals surface area contributed by atoms with Gasteiger partial charge in [0.25, 0.3) is 15.6 Å². The molecule has 2 aromatic carbocycles. The number of hydrogen-bond acceptors (Lipinski definition) is 6. The Labute approximate surface area is 224 Å². The highest BCUT2D eigenvalue weighted by molar-refractivity contribution is 7.92. The number of methoxy groups -OCH3 is 1. The number of hydrogen-bond donors (Lipinski definition) is 1. The number of halogens is 5. The van der Waals surface area contributed by atoms with Crippen molar-refractivity contribution >= 4 is 38.3 Å². The fraction of sp³-hybridized carbons (Fsp3) is 0.280. The average molecular weight is 586 g/mol. The average Bonchev–Trinajstić information content (AvgIpc) is 3.33. The van der Waals surface area contributed by atoms with E-state index in [1.54, 1.807) is 6.92 Å². The summed E-state index contributed by atoms with van der Waals surface area (Å²) in [5.41, 5.74) is -2.67. The zero-order chi connectivity index (χ0) is 28.3. The molecule has 1 aliphatic rings. The summed E-state index contributed by atoms with van der Waals surface area (Å²) in [6.07, 6.45) is -5.31. The van der Waals surface area contributed by atoms with E-state index in [1.807, 2.05) is 0 Å². The first-order valence-electron chi connectivity index (χ1n) is 11.5. The predicted molar refractivity (Wildman–Crippen MR) is 135 cm³/mol. The van der Waals surface area contributed by atoms with Crippen molar-refractivity contribution in [1.29, 1.82) is 0 Å². The number of aromatic nitrogens is 2. The Kier molecular flexibility index (Phi) is 6.41. The van der Waals surface area contributed by atoms with Crippen LogP contribution in [0.2, 0.25) is 5.02 Å². The fourth-order valence-electron chi connectivity index (χ4n) is 4.83. The summed E-state index contributed by atoms with van der Waals surface area (Å²) in [6, 6.07) is 9.59. The van der Waals surface area contributed by atoms with Crippen LogP contribution in [0.25, 0.3) is 16.6 Å². The van der Waals surface area contributed by atoms with Gasteiger partial charge in [-0.15, -0.1) is 0 Å². The van der Waals surface area contributed by atoms with E-state index in [4.69, 9.17) is 16.3 Å². The second kappa shape index (κ2) is 9.26. The first-order valence-corrected chi connectivity index (χ1v) is 13.3. The number of pyridine rings is 1. The Hall–Kier alpha value is -3.58. The van der Waals surface area contributed by atoms with Crippen LogP contribution in [0.4, 0.5) is 23.4 Å². The molecule has 1 saturated carbocycles. The third-order valence-electron chi connectivity index (χ3n) is 6.89. The molecule has 0 radical (unpaired) electrons. The molecule has 1 aliphatic carbocycles. The molecule has 0 unspecified atom stereocenters. The monoisotopic (exact) mass is 585 g/mol. The molecule has 206 valence electrons. The molecule has 2 heterocycles. The van der Waals surface area contributed by atoms with Gasteiger partial charge in [0, 0.05) is 22.5 Å². The van der Waals surface area contributed by atoms with Crippen molar-refractivity contribution in [2.45, 2.75) is 42.4 Å². The van der Waals surface area contributed by atoms with E-state index in [1.165, 1.54) is 60.4 Å². The van der Waals surface area contributed by atoms with E-state index in [0.717, 1.165) is 0 Å². The molecule has 8 nitrogen and oxygen atoms in total. The zero-order valence-electron chi connectivity index (χ0n) is 20.3. The van der Waals surface area contributed by atoms with Gasteiger partial charge in [-0.3, -0.25) is 14.1 Å². The Morgan fingerprint density at radius 2 is 1.90 bits per heavy atom. The Morgan fingerprint density at radius 1 is 1.18 bits per heavy atom. The van der Waals surface area contributed by atoms with Gasteiger partial charge < -0.3 is 9.26 Å². The zero-order valence-corrected chi connectivity index (χ0v) is 21.9. The number of aryl methyl sites for hydroxylation is 1. The quantitative estimate of drug-likeness (QED) is 0.283. The molecule has 0 spiro atoms. The highest BCUT2D eigenvalue weighted by Crippen LogP contribution is 2.57. The first-order chi connectivity index (χ1) is 18.3. The number of benzene rings is 2. The minimum absolute atomic E-state index is 0.00867. The number of rotatable bonds is 6. The molecule has 1 fully saturated rings. The molecule has 2 aromatic heterocycles. The summed E-state index contributed by atoms with van der Waals surface area (Å²) in [4.78, 5) is 13.0. The van der Waals surface area contributed by atoms with Crippen LogP contribution < -0.4 is 15.0 Å². The molecule has 4 aromatic rings. The smallest absolute Gasteiger partial charge is 0.422 e. The highest BCUT2D eigenvalue weighted by atomic mass is 35.5. The number of fused-ring (bicyclic) bond motifs is 1. The van der Waals surface area contributed by atoms with Crippen LogP contribution in [0.5, 0.6) is 5.75 Å². The van der Waals surface area contributed by atoms with Crippen molar-refractivity contribution in [3.63, 3.8) is 0 Å². The second-order valence-electron chi connectivity index (χ2n) is 9.23. The molecule has 39 heavy (non-hydrogen) atoms. The summed E-state index contributed by atoms with van der Waals surface area (Å²) >= 11 is 6.43. The maximum absolute atomic E-state index is 14.2. The number of nitrogens with zero attached hydrogens (tertiary/aromatic N) is 2. The number of anilines is 1. The maximum Gasteiger partial charge on any atom is 0.422 e. The number of alkyl halides is 4. The molecule has 1 N–H and O–H groups in total. The summed E-state index contributed by atoms with van der Waals surface area (Å²) in [5.74, 6) is -0.677. The molecular weight excluding hydrogens is 566 g/mol. The lowest BCUT2D eigenvalue weighted by Gasteiger charge is -2.42. The topological polar surface area (TPSA) is 103 Å². The lowest BCUT2D eigenvalue weighted by Crippen LogP contribution is -2.50. The fourth-order valence-corrected chi connectivity index (χ4v) is 6.39. The Balaban J connectivity index is 1.59. The summed E-state index contributed by atoms with van der Waals surface area (Å²) in [6.45, 7) is 1.57. The molecule has 5 rings (SSSR count). The van der Waals surface area contributed by atoms with E-state index in [2.05, 4.69) is 14.4 Å². The van der Waals surface area contributed by atoms with Gasteiger partial charge in [0.1, 0.15) is 12.0 Å². The number of sulfonamides is 1. The van der Waals surface area contributed by atoms with Crippen molar-refractivity contribution in [2.75, 3.05) is 11.8 Å². The van der Waals surface area contributed by atoms with Gasteiger partial charge in [-0.25, -0.2) is 12.8 Å². The third-order valence-corrected chi connectivity index (χ3v) is 8.72. The molecule has 0 amide bonds. The van der Waals surface area contributed by atoms with Crippen LogP contribution >= 0.6 is 11.6 Å². The van der Waals surface area contributed by atoms with E-state index in [-0.39, 0.29) is 32.7 Å². The van der Waals surface area contributed by atoms with Crippen molar-refractivity contribution in [1.82, 2.24) is 9.72 Å². The molecular formula is C25H20ClF4N3O5S. The SMILES string of the molecule is COc1cc(C2CC(F)(C(F)(F)F)C2)c(Cl)cc1-n1c(=O)ccc2c(C)c(S(=O)(=O)Nc3ccon3)ccc21. The molecule has 0 bridgehead atoms. The highest BCUT2D eigenvalue weighted by Gasteiger charge is 2.63. The van der Waals surface area contributed by atoms with Gasteiger partial charge in [-0.2, -0.15) is 13.2 Å². The van der Waals surface area contributed by atoms with Crippen molar-refractivity contribution in [3.8, 4) is 11.4 Å². The van der Waals surface area contributed by atoms with Crippen molar-refractivity contribution < 1.29 is 35.2 Å². The van der Waals surface area contributed by atoms with Crippen LogP contribution in [0.15, 0.2) is 62.9 Å². The van der Waals surface area contributed by atoms with E-state index in [0.29, 0.717) is 16.5 Å². The standard InChI is InChI=1S/C25H20ClF4N3O5S/c1-13-15-3-6-23(34)33(18(15)4-5-21(13)39(35,36)32-22-7-8-38-31-22)19-10-17(26)16(9-20(19)37-2)14-11-24(27,12-14)25(28,29)30/h3-10,14H,11-12H2,1-2H3,(H,31,32). The number of ether oxygens (including phenoxy) is 1. The van der Waals surface area contributed by atoms with Crippen molar-refractivity contribution in [3.05, 3.63) is 75.2 Å². The van der Waals surface area contributed by atoms with E-state index >= 15 is 0 Å². The minimum atomic E-state index is -4.98.